The minimum atomic E-state index is -0.116. The molecule has 2 fully saturated rings. The van der Waals surface area contributed by atoms with E-state index in [0.29, 0.717) is 5.41 Å². The smallest absolute Gasteiger partial charge is 0.405 e. The van der Waals surface area contributed by atoms with Crippen LogP contribution in [0.1, 0.15) is 47.0 Å². The number of hydrogen-bond donors (Lipinski definition) is 0. The third kappa shape index (κ3) is 1.33. The second-order valence-corrected chi connectivity index (χ2v) is 5.63. The Morgan fingerprint density at radius 1 is 0.923 bits per heavy atom. The number of rotatable bonds is 0. The summed E-state index contributed by atoms with van der Waals surface area (Å²) in [7, 11) is 1.53. The van der Waals surface area contributed by atoms with E-state index in [-0.39, 0.29) is 11.2 Å². The van der Waals surface area contributed by atoms with Crippen molar-refractivity contribution in [3.05, 3.63) is 0 Å². The highest BCUT2D eigenvalue weighted by atomic mass is 16.7. The van der Waals surface area contributed by atoms with Gasteiger partial charge in [0.05, 0.1) is 11.2 Å². The van der Waals surface area contributed by atoms with Gasteiger partial charge in [0, 0.05) is 0 Å². The van der Waals surface area contributed by atoms with Crippen molar-refractivity contribution in [3.63, 3.8) is 0 Å². The molecule has 1 saturated carbocycles. The monoisotopic (exact) mass is 181 g/mol. The highest BCUT2D eigenvalue weighted by molar-refractivity contribution is 6.19. The summed E-state index contributed by atoms with van der Waals surface area (Å²) in [5, 5.41) is 0. The van der Waals surface area contributed by atoms with E-state index in [9.17, 15) is 0 Å². The van der Waals surface area contributed by atoms with Gasteiger partial charge in [0.2, 0.25) is 0 Å². The van der Waals surface area contributed by atoms with Crippen LogP contribution < -0.4 is 0 Å². The number of fused-ring (bicyclic) bond motifs is 1. The molecule has 2 aliphatic rings. The van der Waals surface area contributed by atoms with E-state index < -0.39 is 0 Å². The zero-order valence-corrected chi connectivity index (χ0v) is 9.02. The summed E-state index contributed by atoms with van der Waals surface area (Å²) < 4.78 is 11.2. The molecule has 0 spiro atoms. The summed E-state index contributed by atoms with van der Waals surface area (Å²) in [6.45, 7) is 8.93. The van der Waals surface area contributed by atoms with Crippen molar-refractivity contribution in [2.24, 2.45) is 5.41 Å². The van der Waals surface area contributed by atoms with Crippen molar-refractivity contribution in [2.45, 2.75) is 58.2 Å². The molecule has 13 heavy (non-hydrogen) atoms. The predicted octanol–water partition coefficient (Wildman–Crippen LogP) is 2.29. The number of hydrogen-bond acceptors (Lipinski definition) is 2. The minimum absolute atomic E-state index is 0.0947. The summed E-state index contributed by atoms with van der Waals surface area (Å²) in [4.78, 5) is 0. The molecule has 1 aliphatic heterocycles. The Bertz CT molecular complexity index is 229. The minimum Gasteiger partial charge on any atom is -0.405 e. The van der Waals surface area contributed by atoms with Gasteiger partial charge in [-0.25, -0.2) is 0 Å². The first-order valence-corrected chi connectivity index (χ1v) is 5.04. The van der Waals surface area contributed by atoms with Crippen molar-refractivity contribution in [1.82, 2.24) is 0 Å². The van der Waals surface area contributed by atoms with Crippen molar-refractivity contribution in [2.75, 3.05) is 0 Å². The molecule has 2 atom stereocenters. The lowest BCUT2D eigenvalue weighted by atomic mass is 9.63. The maximum atomic E-state index is 5.64. The van der Waals surface area contributed by atoms with Crippen LogP contribution in [0.15, 0.2) is 0 Å². The van der Waals surface area contributed by atoms with Gasteiger partial charge in [-0.2, -0.15) is 0 Å². The fourth-order valence-electron chi connectivity index (χ4n) is 2.62. The van der Waals surface area contributed by atoms with Crippen molar-refractivity contribution in [1.29, 1.82) is 0 Å². The van der Waals surface area contributed by atoms with Crippen molar-refractivity contribution >= 4 is 7.69 Å². The molecule has 0 aromatic heterocycles. The Labute approximate surface area is 81.3 Å². The molecular formula is C10H18BO2. The Hall–Kier alpha value is -0.0151. The van der Waals surface area contributed by atoms with Crippen LogP contribution in [0.5, 0.6) is 0 Å². The summed E-state index contributed by atoms with van der Waals surface area (Å²) in [5.74, 6) is 0. The maximum Gasteiger partial charge on any atom is 0.489 e. The second-order valence-electron chi connectivity index (χ2n) is 5.63. The fourth-order valence-corrected chi connectivity index (χ4v) is 2.62. The molecular weight excluding hydrogens is 163 g/mol. The van der Waals surface area contributed by atoms with Crippen molar-refractivity contribution in [3.8, 4) is 0 Å². The van der Waals surface area contributed by atoms with Gasteiger partial charge in [0.1, 0.15) is 0 Å². The molecule has 0 N–H and O–H groups in total. The van der Waals surface area contributed by atoms with Crippen LogP contribution in [-0.4, -0.2) is 18.9 Å². The zero-order chi connectivity index (χ0) is 9.74. The lowest BCUT2D eigenvalue weighted by molar-refractivity contribution is -0.0916. The average molecular weight is 181 g/mol. The standard InChI is InChI=1S/C10H18BO2/c1-8(2)5-6-9(3)10(4,7-8)13-11-12-9/h5-7H2,1-4H3. The molecule has 1 radical (unpaired) electrons. The van der Waals surface area contributed by atoms with Gasteiger partial charge < -0.3 is 9.31 Å². The highest BCUT2D eigenvalue weighted by Gasteiger charge is 2.56. The molecule has 0 amide bonds. The normalized spacial score (nSPS) is 48.3. The summed E-state index contributed by atoms with van der Waals surface area (Å²) >= 11 is 0. The van der Waals surface area contributed by atoms with Crippen LogP contribution in [0.4, 0.5) is 0 Å². The van der Waals surface area contributed by atoms with E-state index in [4.69, 9.17) is 9.31 Å². The second kappa shape index (κ2) is 2.51. The van der Waals surface area contributed by atoms with E-state index in [1.54, 1.807) is 0 Å². The largest absolute Gasteiger partial charge is 0.489 e. The van der Waals surface area contributed by atoms with E-state index >= 15 is 0 Å². The summed E-state index contributed by atoms with van der Waals surface area (Å²) in [5.41, 5.74) is 0.174. The zero-order valence-electron chi connectivity index (χ0n) is 9.02. The van der Waals surface area contributed by atoms with Crippen LogP contribution in [0.3, 0.4) is 0 Å². The Morgan fingerprint density at radius 2 is 1.54 bits per heavy atom. The third-order valence-electron chi connectivity index (χ3n) is 3.83. The van der Waals surface area contributed by atoms with E-state index in [0.717, 1.165) is 12.8 Å². The van der Waals surface area contributed by atoms with Crippen LogP contribution in [-0.2, 0) is 9.31 Å². The van der Waals surface area contributed by atoms with E-state index in [1.807, 2.05) is 0 Å². The van der Waals surface area contributed by atoms with Gasteiger partial charge >= 0.3 is 7.69 Å². The molecule has 2 rings (SSSR count). The lowest BCUT2D eigenvalue weighted by Crippen LogP contribution is -2.53. The van der Waals surface area contributed by atoms with E-state index in [1.165, 1.54) is 14.1 Å². The van der Waals surface area contributed by atoms with Crippen LogP contribution >= 0.6 is 0 Å². The molecule has 0 bridgehead atoms. The Morgan fingerprint density at radius 3 is 2.23 bits per heavy atom. The summed E-state index contributed by atoms with van der Waals surface area (Å²) in [6.07, 6.45) is 3.39. The topological polar surface area (TPSA) is 18.5 Å². The van der Waals surface area contributed by atoms with E-state index in [2.05, 4.69) is 27.7 Å². The highest BCUT2D eigenvalue weighted by Crippen LogP contribution is 2.51. The molecule has 0 aromatic carbocycles. The molecule has 1 heterocycles. The Balaban J connectivity index is 2.25. The molecule has 1 aliphatic carbocycles. The molecule has 73 valence electrons. The molecule has 2 unspecified atom stereocenters. The molecule has 0 aromatic rings. The maximum absolute atomic E-state index is 5.64. The predicted molar refractivity (Wildman–Crippen MR) is 52.4 cm³/mol. The van der Waals surface area contributed by atoms with Crippen LogP contribution in [0.25, 0.3) is 0 Å². The first-order chi connectivity index (χ1) is 5.87. The summed E-state index contributed by atoms with van der Waals surface area (Å²) in [6, 6.07) is 0. The first kappa shape index (κ1) is 9.54. The fraction of sp³-hybridized carbons (Fsp3) is 1.00. The first-order valence-electron chi connectivity index (χ1n) is 5.04. The lowest BCUT2D eigenvalue weighted by Gasteiger charge is -2.49. The van der Waals surface area contributed by atoms with Gasteiger partial charge in [0.15, 0.2) is 0 Å². The quantitative estimate of drug-likeness (QED) is 0.533. The average Bonchev–Trinajstić information content (AvgIpc) is 2.25. The van der Waals surface area contributed by atoms with Gasteiger partial charge in [-0.05, 0) is 38.5 Å². The van der Waals surface area contributed by atoms with Crippen LogP contribution in [0, 0.1) is 5.41 Å². The molecule has 2 nitrogen and oxygen atoms in total. The molecule has 1 saturated heterocycles. The van der Waals surface area contributed by atoms with Crippen molar-refractivity contribution < 1.29 is 9.31 Å². The third-order valence-corrected chi connectivity index (χ3v) is 3.83. The van der Waals surface area contributed by atoms with Gasteiger partial charge in [-0.15, -0.1) is 0 Å². The molecule has 3 heteroatoms. The van der Waals surface area contributed by atoms with Gasteiger partial charge in [-0.1, -0.05) is 13.8 Å². The SMILES string of the molecule is CC1(C)CCC2(C)O[B]OC2(C)C1. The Kier molecular flexibility index (Phi) is 1.84. The van der Waals surface area contributed by atoms with Gasteiger partial charge in [-0.3, -0.25) is 0 Å². The van der Waals surface area contributed by atoms with Crippen LogP contribution in [0.2, 0.25) is 0 Å². The van der Waals surface area contributed by atoms with Gasteiger partial charge in [0.25, 0.3) is 0 Å².